The van der Waals surface area contributed by atoms with Crippen LogP contribution in [0.5, 0.6) is 0 Å². The predicted molar refractivity (Wildman–Crippen MR) is 98.8 cm³/mol. The van der Waals surface area contributed by atoms with Gasteiger partial charge in [0.2, 0.25) is 0 Å². The number of piperidine rings is 1. The lowest BCUT2D eigenvalue weighted by molar-refractivity contribution is 0.107. The maximum absolute atomic E-state index is 12.7. The minimum absolute atomic E-state index is 0.0972. The number of amides is 2. The maximum atomic E-state index is 12.7. The van der Waals surface area contributed by atoms with Crippen LogP contribution in [0.3, 0.4) is 0 Å². The number of hydrogen-bond donors (Lipinski definition) is 2. The van der Waals surface area contributed by atoms with E-state index in [9.17, 15) is 9.90 Å². The van der Waals surface area contributed by atoms with E-state index < -0.39 is 0 Å². The number of aliphatic hydroxyl groups is 1. The van der Waals surface area contributed by atoms with Crippen LogP contribution in [0, 0.1) is 5.92 Å². The van der Waals surface area contributed by atoms with Crippen molar-refractivity contribution in [3.8, 4) is 0 Å². The van der Waals surface area contributed by atoms with E-state index in [1.54, 1.807) is 7.11 Å². The van der Waals surface area contributed by atoms with Gasteiger partial charge in [0.1, 0.15) is 0 Å². The monoisotopic (exact) mass is 345 g/mol. The van der Waals surface area contributed by atoms with Gasteiger partial charge in [-0.15, -0.1) is 0 Å². The van der Waals surface area contributed by atoms with E-state index >= 15 is 0 Å². The van der Waals surface area contributed by atoms with E-state index in [-0.39, 0.29) is 24.6 Å². The lowest BCUT2D eigenvalue weighted by atomic mass is 9.94. The van der Waals surface area contributed by atoms with E-state index in [0.717, 1.165) is 36.0 Å². The second-order valence-electron chi connectivity index (χ2n) is 6.83. The molecule has 25 heavy (non-hydrogen) atoms. The summed E-state index contributed by atoms with van der Waals surface area (Å²) in [4.78, 5) is 14.5. The number of nitrogens with zero attached hydrogens (tertiary/aromatic N) is 2. The summed E-state index contributed by atoms with van der Waals surface area (Å²) < 4.78 is 7.28. The normalized spacial score (nSPS) is 20.8. The lowest BCUT2D eigenvalue weighted by Crippen LogP contribution is -2.48. The molecule has 136 valence electrons. The first-order valence-corrected chi connectivity index (χ1v) is 8.88. The van der Waals surface area contributed by atoms with Crippen LogP contribution < -0.4 is 5.32 Å². The fraction of sp³-hybridized carbons (Fsp3) is 0.526. The zero-order valence-electron chi connectivity index (χ0n) is 14.9. The van der Waals surface area contributed by atoms with Crippen LogP contribution >= 0.6 is 0 Å². The smallest absolute Gasteiger partial charge is 0.322 e. The third kappa shape index (κ3) is 3.96. The Bertz CT molecular complexity index is 728. The Morgan fingerprint density at radius 3 is 2.96 bits per heavy atom. The van der Waals surface area contributed by atoms with Crippen LogP contribution in [0.1, 0.15) is 19.8 Å². The number of fused-ring (bicyclic) bond motifs is 1. The number of nitrogens with one attached hydrogen (secondary N) is 1. The van der Waals surface area contributed by atoms with E-state index in [1.807, 2.05) is 29.3 Å². The zero-order valence-corrected chi connectivity index (χ0v) is 14.9. The number of benzene rings is 1. The Labute approximate surface area is 148 Å². The van der Waals surface area contributed by atoms with Gasteiger partial charge in [-0.1, -0.05) is 6.07 Å². The van der Waals surface area contributed by atoms with Crippen LogP contribution in [0.25, 0.3) is 10.9 Å². The summed E-state index contributed by atoms with van der Waals surface area (Å²) in [6.45, 7) is 4.23. The first-order chi connectivity index (χ1) is 12.1. The molecule has 0 bridgehead atoms. The molecule has 2 amide bonds. The van der Waals surface area contributed by atoms with Crippen molar-refractivity contribution in [1.82, 2.24) is 9.47 Å². The number of methoxy groups -OCH3 is 1. The van der Waals surface area contributed by atoms with Gasteiger partial charge in [0.05, 0.1) is 12.1 Å². The molecule has 1 fully saturated rings. The van der Waals surface area contributed by atoms with Gasteiger partial charge in [-0.3, -0.25) is 0 Å². The first-order valence-electron chi connectivity index (χ1n) is 8.88. The molecular weight excluding hydrogens is 318 g/mol. The summed E-state index contributed by atoms with van der Waals surface area (Å²) >= 11 is 0. The number of carbonyl (C=O) groups excluding carboxylic acids is 1. The summed E-state index contributed by atoms with van der Waals surface area (Å²) in [5, 5.41) is 13.5. The number of anilines is 1. The van der Waals surface area contributed by atoms with Crippen LogP contribution in [0.2, 0.25) is 0 Å². The highest BCUT2D eigenvalue weighted by Crippen LogP contribution is 2.24. The van der Waals surface area contributed by atoms with Crippen molar-refractivity contribution >= 4 is 22.6 Å². The van der Waals surface area contributed by atoms with E-state index in [4.69, 9.17) is 4.74 Å². The van der Waals surface area contributed by atoms with Gasteiger partial charge in [0.25, 0.3) is 0 Å². The third-order valence-electron chi connectivity index (χ3n) is 5.06. The van der Waals surface area contributed by atoms with Gasteiger partial charge in [0.15, 0.2) is 0 Å². The minimum atomic E-state index is -0.0972. The molecule has 1 aromatic heterocycles. The van der Waals surface area contributed by atoms with E-state index in [1.165, 1.54) is 0 Å². The van der Waals surface area contributed by atoms with Crippen LogP contribution in [-0.4, -0.2) is 53.5 Å². The van der Waals surface area contributed by atoms with Crippen molar-refractivity contribution in [3.05, 3.63) is 30.5 Å². The lowest BCUT2D eigenvalue weighted by Gasteiger charge is -2.37. The molecule has 2 unspecified atom stereocenters. The summed E-state index contributed by atoms with van der Waals surface area (Å²) in [5.41, 5.74) is 1.86. The molecule has 1 saturated heterocycles. The molecule has 2 atom stereocenters. The Balaban J connectivity index is 1.74. The van der Waals surface area contributed by atoms with Crippen LogP contribution in [-0.2, 0) is 11.3 Å². The number of rotatable bonds is 5. The minimum Gasteiger partial charge on any atom is -0.396 e. The van der Waals surface area contributed by atoms with Crippen molar-refractivity contribution in [3.63, 3.8) is 0 Å². The zero-order chi connectivity index (χ0) is 17.8. The quantitative estimate of drug-likeness (QED) is 0.876. The average molecular weight is 345 g/mol. The van der Waals surface area contributed by atoms with Crippen molar-refractivity contribution in [2.45, 2.75) is 32.4 Å². The SMILES string of the molecule is COCCn1ccc2ccc(NC(=O)N3CC(CO)CCC3C)cc21. The largest absolute Gasteiger partial charge is 0.396 e. The standard InChI is InChI=1S/C19H27N3O3/c1-14-3-4-15(13-23)12-22(14)19(24)20-17-6-5-16-7-8-21(9-10-25-2)18(16)11-17/h5-8,11,14-15,23H,3-4,9-10,12-13H2,1-2H3,(H,20,24). The summed E-state index contributed by atoms with van der Waals surface area (Å²) in [6, 6.07) is 8.11. The Hall–Kier alpha value is -2.05. The van der Waals surface area contributed by atoms with Crippen LogP contribution in [0.4, 0.5) is 10.5 Å². The van der Waals surface area contributed by atoms with Crippen molar-refractivity contribution < 1.29 is 14.6 Å². The molecule has 0 aliphatic carbocycles. The molecule has 3 rings (SSSR count). The molecule has 0 radical (unpaired) electrons. The summed E-state index contributed by atoms with van der Waals surface area (Å²) in [5.74, 6) is 0.177. The Kier molecular flexibility index (Phi) is 5.60. The molecule has 0 saturated carbocycles. The molecular formula is C19H27N3O3. The molecule has 6 nitrogen and oxygen atoms in total. The highest BCUT2D eigenvalue weighted by atomic mass is 16.5. The topological polar surface area (TPSA) is 66.7 Å². The average Bonchev–Trinajstić information content (AvgIpc) is 3.02. The summed E-state index contributed by atoms with van der Waals surface area (Å²) in [6.07, 6.45) is 3.94. The molecule has 0 spiro atoms. The Morgan fingerprint density at radius 2 is 2.20 bits per heavy atom. The molecule has 2 heterocycles. The first kappa shape index (κ1) is 17.8. The number of urea groups is 1. The molecule has 2 N–H and O–H groups in total. The van der Waals surface area contributed by atoms with Gasteiger partial charge in [-0.05, 0) is 49.3 Å². The predicted octanol–water partition coefficient (Wildman–Crippen LogP) is 2.91. The van der Waals surface area contributed by atoms with Gasteiger partial charge in [-0.25, -0.2) is 4.79 Å². The molecule has 2 aromatic rings. The fourth-order valence-corrected chi connectivity index (χ4v) is 3.46. The molecule has 1 aliphatic rings. The van der Waals surface area contributed by atoms with Gasteiger partial charge >= 0.3 is 6.03 Å². The highest BCUT2D eigenvalue weighted by molar-refractivity contribution is 5.93. The number of aliphatic hydroxyl groups excluding tert-OH is 1. The van der Waals surface area contributed by atoms with Gasteiger partial charge < -0.3 is 24.6 Å². The van der Waals surface area contributed by atoms with Gasteiger partial charge in [0, 0.05) is 44.7 Å². The number of aromatic nitrogens is 1. The molecule has 1 aliphatic heterocycles. The second kappa shape index (κ2) is 7.89. The number of ether oxygens (including phenoxy) is 1. The summed E-state index contributed by atoms with van der Waals surface area (Å²) in [7, 11) is 1.69. The molecule has 1 aromatic carbocycles. The van der Waals surface area contributed by atoms with Crippen LogP contribution in [0.15, 0.2) is 30.5 Å². The Morgan fingerprint density at radius 1 is 1.36 bits per heavy atom. The van der Waals surface area contributed by atoms with E-state index in [0.29, 0.717) is 13.2 Å². The molecule has 6 heteroatoms. The fourth-order valence-electron chi connectivity index (χ4n) is 3.46. The number of likely N-dealkylation sites (tertiary alicyclic amines) is 1. The van der Waals surface area contributed by atoms with Gasteiger partial charge in [-0.2, -0.15) is 0 Å². The second-order valence-corrected chi connectivity index (χ2v) is 6.83. The maximum Gasteiger partial charge on any atom is 0.322 e. The van der Waals surface area contributed by atoms with E-state index in [2.05, 4.69) is 22.9 Å². The number of carbonyl (C=O) groups is 1. The van der Waals surface area contributed by atoms with Crippen molar-refractivity contribution in [2.24, 2.45) is 5.92 Å². The van der Waals surface area contributed by atoms with Crippen molar-refractivity contribution in [1.29, 1.82) is 0 Å². The highest BCUT2D eigenvalue weighted by Gasteiger charge is 2.28. The van der Waals surface area contributed by atoms with Crippen molar-refractivity contribution in [2.75, 3.05) is 32.2 Å². The number of hydrogen-bond acceptors (Lipinski definition) is 3. The third-order valence-corrected chi connectivity index (χ3v) is 5.06.